The second-order valence-corrected chi connectivity index (χ2v) is 6.07. The highest BCUT2D eigenvalue weighted by atomic mass is 79.9. The molecule has 1 aliphatic rings. The zero-order valence-electron chi connectivity index (χ0n) is 10.8. The van der Waals surface area contributed by atoms with E-state index in [9.17, 15) is 14.3 Å². The van der Waals surface area contributed by atoms with Gasteiger partial charge in [0.15, 0.2) is 0 Å². The Hall–Kier alpha value is -0.940. The molecule has 1 aromatic rings. The number of halogens is 2. The number of likely N-dealkylation sites (tertiary alicyclic amines) is 1. The number of benzene rings is 1. The monoisotopic (exact) mass is 329 g/mol. The second kappa shape index (κ2) is 6.01. The Kier molecular flexibility index (Phi) is 4.58. The minimum atomic E-state index is -0.789. The number of hydrogen-bond acceptors (Lipinski definition) is 2. The maximum Gasteiger partial charge on any atom is 0.321 e. The molecule has 0 bridgehead atoms. The Bertz CT molecular complexity index is 460. The van der Waals surface area contributed by atoms with Gasteiger partial charge in [-0.05, 0) is 49.1 Å². The highest BCUT2D eigenvalue weighted by molar-refractivity contribution is 9.10. The molecule has 2 unspecified atom stereocenters. The Labute approximate surface area is 120 Å². The van der Waals surface area contributed by atoms with Crippen LogP contribution in [-0.4, -0.2) is 28.6 Å². The normalized spacial score (nSPS) is 24.4. The second-order valence-electron chi connectivity index (χ2n) is 5.15. The first-order valence-electron chi connectivity index (χ1n) is 6.39. The topological polar surface area (TPSA) is 40.5 Å². The standard InChI is InChI=1S/C14H17BrFNO2/c1-9-3-2-4-17(13(9)14(18)19)8-10-5-11(15)7-12(16)6-10/h5-7,9,13H,2-4,8H2,1H3,(H,18,19). The van der Waals surface area contributed by atoms with Crippen LogP contribution < -0.4 is 0 Å². The van der Waals surface area contributed by atoms with Gasteiger partial charge < -0.3 is 5.11 Å². The largest absolute Gasteiger partial charge is 0.480 e. The Morgan fingerprint density at radius 2 is 2.26 bits per heavy atom. The van der Waals surface area contributed by atoms with E-state index in [1.165, 1.54) is 12.1 Å². The molecular weight excluding hydrogens is 313 g/mol. The lowest BCUT2D eigenvalue weighted by Crippen LogP contribution is -2.48. The summed E-state index contributed by atoms with van der Waals surface area (Å²) >= 11 is 3.26. The van der Waals surface area contributed by atoms with Crippen LogP contribution in [0.4, 0.5) is 4.39 Å². The summed E-state index contributed by atoms with van der Waals surface area (Å²) in [5, 5.41) is 9.34. The summed E-state index contributed by atoms with van der Waals surface area (Å²) in [6, 6.07) is 4.22. The van der Waals surface area contributed by atoms with Crippen molar-refractivity contribution in [2.45, 2.75) is 32.4 Å². The van der Waals surface area contributed by atoms with Crippen molar-refractivity contribution in [3.63, 3.8) is 0 Å². The van der Waals surface area contributed by atoms with Crippen LogP contribution in [0.2, 0.25) is 0 Å². The van der Waals surface area contributed by atoms with Gasteiger partial charge in [0, 0.05) is 11.0 Å². The summed E-state index contributed by atoms with van der Waals surface area (Å²) in [4.78, 5) is 13.3. The molecule has 5 heteroatoms. The maximum atomic E-state index is 13.3. The predicted molar refractivity (Wildman–Crippen MR) is 74.3 cm³/mol. The van der Waals surface area contributed by atoms with Crippen LogP contribution in [0, 0.1) is 11.7 Å². The van der Waals surface area contributed by atoms with Crippen molar-refractivity contribution in [1.82, 2.24) is 4.90 Å². The van der Waals surface area contributed by atoms with Gasteiger partial charge in [0.25, 0.3) is 0 Å². The van der Waals surface area contributed by atoms with Crippen LogP contribution in [0.5, 0.6) is 0 Å². The molecule has 1 N–H and O–H groups in total. The van der Waals surface area contributed by atoms with E-state index in [0.717, 1.165) is 24.9 Å². The fourth-order valence-corrected chi connectivity index (χ4v) is 3.30. The summed E-state index contributed by atoms with van der Waals surface area (Å²) in [6.45, 7) is 3.18. The van der Waals surface area contributed by atoms with Crippen LogP contribution in [0.15, 0.2) is 22.7 Å². The van der Waals surface area contributed by atoms with E-state index in [0.29, 0.717) is 11.0 Å². The average molecular weight is 330 g/mol. The van der Waals surface area contributed by atoms with Gasteiger partial charge in [-0.15, -0.1) is 0 Å². The number of carboxylic acids is 1. The van der Waals surface area contributed by atoms with E-state index in [1.54, 1.807) is 0 Å². The third kappa shape index (κ3) is 3.54. The number of rotatable bonds is 3. The third-order valence-electron chi connectivity index (χ3n) is 3.60. The summed E-state index contributed by atoms with van der Waals surface area (Å²) in [7, 11) is 0. The molecule has 2 rings (SSSR count). The first-order chi connectivity index (χ1) is 8.97. The van der Waals surface area contributed by atoms with E-state index in [4.69, 9.17) is 0 Å². The molecule has 2 atom stereocenters. The zero-order valence-corrected chi connectivity index (χ0v) is 12.4. The fraction of sp³-hybridized carbons (Fsp3) is 0.500. The van der Waals surface area contributed by atoms with Crippen molar-refractivity contribution in [1.29, 1.82) is 0 Å². The van der Waals surface area contributed by atoms with E-state index < -0.39 is 12.0 Å². The first-order valence-corrected chi connectivity index (χ1v) is 7.18. The molecule has 0 spiro atoms. The van der Waals surface area contributed by atoms with Gasteiger partial charge in [-0.2, -0.15) is 0 Å². The molecule has 1 aliphatic heterocycles. The first kappa shape index (κ1) is 14.5. The number of hydrogen-bond donors (Lipinski definition) is 1. The fourth-order valence-electron chi connectivity index (χ4n) is 2.79. The Morgan fingerprint density at radius 1 is 1.53 bits per heavy atom. The highest BCUT2D eigenvalue weighted by Gasteiger charge is 2.34. The van der Waals surface area contributed by atoms with Gasteiger partial charge in [-0.25, -0.2) is 4.39 Å². The van der Waals surface area contributed by atoms with Crippen LogP contribution >= 0.6 is 15.9 Å². The van der Waals surface area contributed by atoms with Crippen LogP contribution in [0.1, 0.15) is 25.3 Å². The molecule has 19 heavy (non-hydrogen) atoms. The molecule has 1 heterocycles. The molecule has 3 nitrogen and oxygen atoms in total. The van der Waals surface area contributed by atoms with Crippen molar-refractivity contribution in [2.75, 3.05) is 6.54 Å². The van der Waals surface area contributed by atoms with E-state index in [1.807, 2.05) is 17.9 Å². The number of nitrogens with zero attached hydrogens (tertiary/aromatic N) is 1. The van der Waals surface area contributed by atoms with Gasteiger partial charge in [0.2, 0.25) is 0 Å². The molecule has 0 aliphatic carbocycles. The molecular formula is C14H17BrFNO2. The SMILES string of the molecule is CC1CCCN(Cc2cc(F)cc(Br)c2)C1C(=O)O. The Morgan fingerprint density at radius 3 is 2.89 bits per heavy atom. The number of carbonyl (C=O) groups is 1. The van der Waals surface area contributed by atoms with Crippen molar-refractivity contribution in [3.05, 3.63) is 34.1 Å². The lowest BCUT2D eigenvalue weighted by Gasteiger charge is -2.37. The molecule has 0 amide bonds. The van der Waals surface area contributed by atoms with Crippen molar-refractivity contribution in [2.24, 2.45) is 5.92 Å². The van der Waals surface area contributed by atoms with E-state index >= 15 is 0 Å². The number of aliphatic carboxylic acids is 1. The average Bonchev–Trinajstić information content (AvgIpc) is 2.26. The van der Waals surface area contributed by atoms with E-state index in [-0.39, 0.29) is 11.7 Å². The van der Waals surface area contributed by atoms with Gasteiger partial charge in [-0.1, -0.05) is 22.9 Å². The van der Waals surface area contributed by atoms with Crippen molar-refractivity contribution in [3.8, 4) is 0 Å². The predicted octanol–water partition coefficient (Wildman–Crippen LogP) is 3.27. The quantitative estimate of drug-likeness (QED) is 0.925. The summed E-state index contributed by atoms with van der Waals surface area (Å²) in [6.07, 6.45) is 1.92. The van der Waals surface area contributed by atoms with Gasteiger partial charge in [0.1, 0.15) is 11.9 Å². The van der Waals surface area contributed by atoms with Crippen molar-refractivity contribution < 1.29 is 14.3 Å². The molecule has 1 fully saturated rings. The lowest BCUT2D eigenvalue weighted by molar-refractivity contribution is -0.147. The lowest BCUT2D eigenvalue weighted by atomic mass is 9.90. The molecule has 1 aromatic carbocycles. The molecule has 0 aromatic heterocycles. The zero-order chi connectivity index (χ0) is 14.0. The highest BCUT2D eigenvalue weighted by Crippen LogP contribution is 2.26. The number of piperidine rings is 1. The Balaban J connectivity index is 2.17. The number of carboxylic acid groups (broad SMARTS) is 1. The van der Waals surface area contributed by atoms with Crippen LogP contribution in [0.3, 0.4) is 0 Å². The minimum Gasteiger partial charge on any atom is -0.480 e. The third-order valence-corrected chi connectivity index (χ3v) is 4.06. The molecule has 0 radical (unpaired) electrons. The van der Waals surface area contributed by atoms with Crippen LogP contribution in [-0.2, 0) is 11.3 Å². The van der Waals surface area contributed by atoms with Gasteiger partial charge >= 0.3 is 5.97 Å². The smallest absolute Gasteiger partial charge is 0.321 e. The van der Waals surface area contributed by atoms with Gasteiger partial charge in [0.05, 0.1) is 0 Å². The maximum absolute atomic E-state index is 13.3. The molecule has 1 saturated heterocycles. The van der Waals surface area contributed by atoms with Gasteiger partial charge in [-0.3, -0.25) is 9.69 Å². The summed E-state index contributed by atoms with van der Waals surface area (Å²) < 4.78 is 14.0. The van der Waals surface area contributed by atoms with Crippen LogP contribution in [0.25, 0.3) is 0 Å². The van der Waals surface area contributed by atoms with Crippen molar-refractivity contribution >= 4 is 21.9 Å². The molecule has 0 saturated carbocycles. The summed E-state index contributed by atoms with van der Waals surface area (Å²) in [5.41, 5.74) is 0.798. The minimum absolute atomic E-state index is 0.128. The summed E-state index contributed by atoms with van der Waals surface area (Å²) in [5.74, 6) is -0.966. The van der Waals surface area contributed by atoms with E-state index in [2.05, 4.69) is 15.9 Å². The molecule has 104 valence electrons.